The van der Waals surface area contributed by atoms with Gasteiger partial charge in [-0.25, -0.2) is 4.99 Å². The average molecular weight is 457 g/mol. The third kappa shape index (κ3) is 5.89. The van der Waals surface area contributed by atoms with E-state index < -0.39 is 5.97 Å². The maximum absolute atomic E-state index is 12.3. The molecule has 0 saturated carbocycles. The van der Waals surface area contributed by atoms with Crippen LogP contribution in [0.3, 0.4) is 0 Å². The fourth-order valence-electron chi connectivity index (χ4n) is 2.84. The molecule has 32 heavy (non-hydrogen) atoms. The fourth-order valence-corrected chi connectivity index (χ4v) is 3.66. The van der Waals surface area contributed by atoms with Gasteiger partial charge in [0.05, 0.1) is 17.7 Å². The minimum absolute atomic E-state index is 0. The van der Waals surface area contributed by atoms with Crippen LogP contribution in [0.2, 0.25) is 0 Å². The van der Waals surface area contributed by atoms with E-state index in [1.165, 1.54) is 11.8 Å². The largest absolute Gasteiger partial charge is 1.00 e. The SMILES string of the molecule is COc1ccc(-c2cc(C=C3SC(=Nc4ccc(CC(=O)[O-])cc4)NC3=O)no2)cc1.[Na+]. The number of amidine groups is 1. The summed E-state index contributed by atoms with van der Waals surface area (Å²) in [5.74, 6) is -0.116. The van der Waals surface area contributed by atoms with E-state index in [2.05, 4.69) is 15.5 Å². The van der Waals surface area contributed by atoms with E-state index in [1.54, 1.807) is 43.5 Å². The molecule has 1 amide bonds. The zero-order valence-corrected chi connectivity index (χ0v) is 20.1. The number of rotatable bonds is 6. The maximum Gasteiger partial charge on any atom is 1.00 e. The van der Waals surface area contributed by atoms with Crippen molar-refractivity contribution in [3.63, 3.8) is 0 Å². The average Bonchev–Trinajstić information content (AvgIpc) is 3.36. The summed E-state index contributed by atoms with van der Waals surface area (Å²) in [6, 6.07) is 15.8. The first-order valence-electron chi connectivity index (χ1n) is 9.20. The number of aliphatic carboxylic acids is 1. The number of hydrogen-bond donors (Lipinski definition) is 1. The molecule has 1 aliphatic rings. The molecule has 8 nitrogen and oxygen atoms in total. The molecular formula is C22H16N3NaO5S. The van der Waals surface area contributed by atoms with E-state index >= 15 is 0 Å². The molecule has 0 aliphatic carbocycles. The zero-order valence-electron chi connectivity index (χ0n) is 17.3. The number of nitrogens with one attached hydrogen (secondary N) is 1. The van der Waals surface area contributed by atoms with Crippen molar-refractivity contribution in [3.05, 3.63) is 70.8 Å². The van der Waals surface area contributed by atoms with Crippen molar-refractivity contribution in [2.75, 3.05) is 7.11 Å². The molecule has 2 heterocycles. The van der Waals surface area contributed by atoms with Crippen molar-refractivity contribution >= 4 is 40.6 Å². The molecule has 10 heteroatoms. The Kier molecular flexibility index (Phi) is 7.92. The number of benzene rings is 2. The zero-order chi connectivity index (χ0) is 21.8. The van der Waals surface area contributed by atoms with Crippen molar-refractivity contribution in [2.45, 2.75) is 6.42 Å². The van der Waals surface area contributed by atoms with Gasteiger partial charge in [-0.15, -0.1) is 0 Å². The summed E-state index contributed by atoms with van der Waals surface area (Å²) in [4.78, 5) is 27.7. The number of nitrogens with zero attached hydrogens (tertiary/aromatic N) is 2. The third-order valence-electron chi connectivity index (χ3n) is 4.35. The van der Waals surface area contributed by atoms with Crippen molar-refractivity contribution < 1.29 is 53.5 Å². The molecule has 156 valence electrons. The molecule has 0 unspecified atom stereocenters. The number of ether oxygens (including phenoxy) is 1. The number of hydrogen-bond acceptors (Lipinski definition) is 8. The van der Waals surface area contributed by atoms with Gasteiger partial charge in [-0.1, -0.05) is 17.3 Å². The number of aliphatic imine (C=N–C) groups is 1. The molecule has 0 radical (unpaired) electrons. The van der Waals surface area contributed by atoms with E-state index in [4.69, 9.17) is 9.26 Å². The molecule has 1 N–H and O–H groups in total. The van der Waals surface area contributed by atoms with E-state index in [0.29, 0.717) is 32.8 Å². The van der Waals surface area contributed by atoms with Gasteiger partial charge in [0.25, 0.3) is 5.91 Å². The molecule has 0 bridgehead atoms. The molecule has 0 atom stereocenters. The topological polar surface area (TPSA) is 117 Å². The van der Waals surface area contributed by atoms with Crippen molar-refractivity contribution in [1.29, 1.82) is 0 Å². The Hall–Kier alpha value is -2.85. The molecule has 1 fully saturated rings. The number of carboxylic acids is 1. The second-order valence-corrected chi connectivity index (χ2v) is 7.57. The second-order valence-electron chi connectivity index (χ2n) is 6.54. The van der Waals surface area contributed by atoms with Gasteiger partial charge in [0.2, 0.25) is 0 Å². The van der Waals surface area contributed by atoms with Crippen LogP contribution in [0.5, 0.6) is 5.75 Å². The van der Waals surface area contributed by atoms with Gasteiger partial charge in [0.15, 0.2) is 10.9 Å². The minimum atomic E-state index is -1.14. The Balaban J connectivity index is 0.00000289. The molecule has 2 aromatic carbocycles. The van der Waals surface area contributed by atoms with E-state index in [1.807, 2.05) is 24.3 Å². The summed E-state index contributed by atoms with van der Waals surface area (Å²) in [6.45, 7) is 0. The summed E-state index contributed by atoms with van der Waals surface area (Å²) >= 11 is 1.18. The predicted molar refractivity (Wildman–Crippen MR) is 114 cm³/mol. The quantitative estimate of drug-likeness (QED) is 0.393. The van der Waals surface area contributed by atoms with Gasteiger partial charge in [-0.05, 0) is 59.8 Å². The van der Waals surface area contributed by atoms with Crippen LogP contribution in [0.4, 0.5) is 5.69 Å². The fraction of sp³-hybridized carbons (Fsp3) is 0.0909. The first kappa shape index (κ1) is 23.8. The Morgan fingerprint density at radius 1 is 1.22 bits per heavy atom. The van der Waals surface area contributed by atoms with Crippen LogP contribution in [0.15, 0.2) is 69.0 Å². The summed E-state index contributed by atoms with van der Waals surface area (Å²) in [5, 5.41) is 17.8. The van der Waals surface area contributed by atoms with Crippen molar-refractivity contribution in [2.24, 2.45) is 4.99 Å². The smallest absolute Gasteiger partial charge is 0.550 e. The number of carbonyl (C=O) groups excluding carboxylic acids is 2. The number of thioether (sulfide) groups is 1. The standard InChI is InChI=1S/C22H17N3O5S.Na/c1-29-17-8-4-14(5-9-17)18-11-16(25-30-18)12-19-21(28)24-22(31-19)23-15-6-2-13(3-7-15)10-20(26)27;/h2-9,11-12H,10H2,1H3,(H,26,27)(H,23,24,28);/q;+1/p-1. The molecule has 3 aromatic rings. The van der Waals surface area contributed by atoms with Gasteiger partial charge < -0.3 is 24.5 Å². The number of methoxy groups -OCH3 is 1. The monoisotopic (exact) mass is 457 g/mol. The van der Waals surface area contributed by atoms with Crippen LogP contribution < -0.4 is 44.7 Å². The van der Waals surface area contributed by atoms with E-state index in [0.717, 1.165) is 11.3 Å². The predicted octanol–water partition coefficient (Wildman–Crippen LogP) is -0.462. The summed E-state index contributed by atoms with van der Waals surface area (Å²) in [7, 11) is 1.60. The van der Waals surface area contributed by atoms with Crippen LogP contribution in [0.25, 0.3) is 17.4 Å². The van der Waals surface area contributed by atoms with Crippen LogP contribution in [-0.4, -0.2) is 29.3 Å². The van der Waals surface area contributed by atoms with E-state index in [9.17, 15) is 14.7 Å². The normalized spacial score (nSPS) is 15.5. The third-order valence-corrected chi connectivity index (χ3v) is 5.26. The van der Waals surface area contributed by atoms with Crippen molar-refractivity contribution in [1.82, 2.24) is 10.5 Å². The number of carbonyl (C=O) groups is 2. The van der Waals surface area contributed by atoms with Crippen LogP contribution in [0, 0.1) is 0 Å². The Morgan fingerprint density at radius 2 is 1.94 bits per heavy atom. The molecular weight excluding hydrogens is 441 g/mol. The van der Waals surface area contributed by atoms with Crippen LogP contribution in [0.1, 0.15) is 11.3 Å². The molecule has 0 spiro atoms. The first-order valence-corrected chi connectivity index (χ1v) is 10.0. The van der Waals surface area contributed by atoms with E-state index in [-0.39, 0.29) is 41.9 Å². The van der Waals surface area contributed by atoms with Gasteiger partial charge in [0, 0.05) is 24.0 Å². The van der Waals surface area contributed by atoms with Crippen molar-refractivity contribution in [3.8, 4) is 17.1 Å². The summed E-state index contributed by atoms with van der Waals surface area (Å²) in [5.41, 5.74) is 2.56. The summed E-state index contributed by atoms with van der Waals surface area (Å²) < 4.78 is 10.5. The number of carboxylic acid groups (broad SMARTS) is 1. The van der Waals surface area contributed by atoms with Crippen LogP contribution >= 0.6 is 11.8 Å². The molecule has 1 aromatic heterocycles. The number of aromatic nitrogens is 1. The first-order chi connectivity index (χ1) is 15.0. The number of amides is 1. The Bertz CT molecular complexity index is 1190. The molecule has 4 rings (SSSR count). The van der Waals surface area contributed by atoms with Gasteiger partial charge in [-0.2, -0.15) is 0 Å². The van der Waals surface area contributed by atoms with Crippen LogP contribution in [-0.2, 0) is 16.0 Å². The molecule has 1 aliphatic heterocycles. The maximum atomic E-state index is 12.3. The summed E-state index contributed by atoms with van der Waals surface area (Å²) in [6.07, 6.45) is 1.47. The van der Waals surface area contributed by atoms with Gasteiger partial charge >= 0.3 is 29.6 Å². The Morgan fingerprint density at radius 3 is 2.59 bits per heavy atom. The van der Waals surface area contributed by atoms with Gasteiger partial charge in [0.1, 0.15) is 11.4 Å². The van der Waals surface area contributed by atoms with Gasteiger partial charge in [-0.3, -0.25) is 4.79 Å². The Labute approximate surface area is 210 Å². The minimum Gasteiger partial charge on any atom is -0.550 e. The second kappa shape index (κ2) is 10.6. The molecule has 1 saturated heterocycles.